The summed E-state index contributed by atoms with van der Waals surface area (Å²) in [4.78, 5) is 2.65. The van der Waals surface area contributed by atoms with Crippen LogP contribution in [0.2, 0.25) is 0 Å². The molecule has 0 spiro atoms. The summed E-state index contributed by atoms with van der Waals surface area (Å²) in [6.45, 7) is 6.43. The number of hydrogen-bond donors (Lipinski definition) is 1. The van der Waals surface area contributed by atoms with Crippen LogP contribution in [-0.4, -0.2) is 0 Å². The summed E-state index contributed by atoms with van der Waals surface area (Å²) in [5, 5.41) is 0. The second-order valence-corrected chi connectivity index (χ2v) is 5.63. The molecule has 0 bridgehead atoms. The summed E-state index contributed by atoms with van der Waals surface area (Å²) >= 11 is 1.83. The van der Waals surface area contributed by atoms with Gasteiger partial charge < -0.3 is 5.73 Å². The number of thiophene rings is 1. The van der Waals surface area contributed by atoms with Gasteiger partial charge in [-0.05, 0) is 37.5 Å². The smallest absolute Gasteiger partial charge is 0.0387 e. The van der Waals surface area contributed by atoms with Crippen LogP contribution in [-0.2, 0) is 0 Å². The molecule has 1 aromatic carbocycles. The Morgan fingerprint density at radius 1 is 1.24 bits per heavy atom. The lowest BCUT2D eigenvalue weighted by Gasteiger charge is -2.04. The van der Waals surface area contributed by atoms with E-state index in [4.69, 9.17) is 5.73 Å². The topological polar surface area (TPSA) is 26.0 Å². The van der Waals surface area contributed by atoms with Crippen LogP contribution in [0.3, 0.4) is 0 Å². The molecule has 2 aromatic rings. The van der Waals surface area contributed by atoms with E-state index < -0.39 is 0 Å². The van der Waals surface area contributed by atoms with E-state index in [1.165, 1.54) is 26.4 Å². The zero-order valence-corrected chi connectivity index (χ0v) is 11.5. The van der Waals surface area contributed by atoms with Crippen LogP contribution in [0.15, 0.2) is 30.3 Å². The van der Waals surface area contributed by atoms with Crippen molar-refractivity contribution in [2.75, 3.05) is 0 Å². The minimum atomic E-state index is 0.178. The van der Waals surface area contributed by atoms with Crippen molar-refractivity contribution in [1.82, 2.24) is 0 Å². The van der Waals surface area contributed by atoms with Gasteiger partial charge in [0.05, 0.1) is 0 Å². The molecule has 1 nitrogen and oxygen atoms in total. The van der Waals surface area contributed by atoms with Gasteiger partial charge in [-0.15, -0.1) is 11.3 Å². The van der Waals surface area contributed by atoms with E-state index in [9.17, 15) is 0 Å². The van der Waals surface area contributed by atoms with Crippen molar-refractivity contribution in [2.45, 2.75) is 33.2 Å². The second-order valence-electron chi connectivity index (χ2n) is 4.55. The molecule has 2 N–H and O–H groups in total. The molecule has 2 rings (SSSR count). The Morgan fingerprint density at radius 2 is 2.00 bits per heavy atom. The van der Waals surface area contributed by atoms with Crippen molar-refractivity contribution in [2.24, 2.45) is 5.73 Å². The third-order valence-electron chi connectivity index (χ3n) is 3.02. The molecule has 17 heavy (non-hydrogen) atoms. The summed E-state index contributed by atoms with van der Waals surface area (Å²) in [6, 6.07) is 11.1. The van der Waals surface area contributed by atoms with Crippen molar-refractivity contribution in [3.63, 3.8) is 0 Å². The van der Waals surface area contributed by atoms with Gasteiger partial charge in [0.2, 0.25) is 0 Å². The minimum Gasteiger partial charge on any atom is -0.323 e. The highest BCUT2D eigenvalue weighted by Gasteiger charge is 2.11. The largest absolute Gasteiger partial charge is 0.323 e. The maximum Gasteiger partial charge on any atom is 0.0387 e. The van der Waals surface area contributed by atoms with E-state index in [-0.39, 0.29) is 6.04 Å². The molecule has 2 heteroatoms. The Balaban J connectivity index is 2.42. The summed E-state index contributed by atoms with van der Waals surface area (Å²) in [7, 11) is 0. The lowest BCUT2D eigenvalue weighted by Crippen LogP contribution is -2.05. The van der Waals surface area contributed by atoms with E-state index in [0.29, 0.717) is 0 Å². The SMILES string of the molecule is CCC(N)c1cc(C)c(-c2cccc(C)c2)s1. The average molecular weight is 245 g/mol. The van der Waals surface area contributed by atoms with Gasteiger partial charge in [-0.2, -0.15) is 0 Å². The molecular weight excluding hydrogens is 226 g/mol. The Bertz CT molecular complexity index is 513. The number of rotatable bonds is 3. The molecule has 1 atom stereocenters. The standard InChI is InChI=1S/C15H19NS/c1-4-13(16)14-9-11(3)15(17-14)12-7-5-6-10(2)8-12/h5-9,13H,4,16H2,1-3H3. The van der Waals surface area contributed by atoms with E-state index in [1.54, 1.807) is 0 Å². The third-order valence-corrected chi connectivity index (χ3v) is 4.44. The predicted molar refractivity (Wildman–Crippen MR) is 76.4 cm³/mol. The van der Waals surface area contributed by atoms with Crippen LogP contribution in [0.25, 0.3) is 10.4 Å². The third kappa shape index (κ3) is 2.59. The van der Waals surface area contributed by atoms with Crippen molar-refractivity contribution in [3.05, 3.63) is 46.3 Å². The maximum absolute atomic E-state index is 6.09. The highest BCUT2D eigenvalue weighted by molar-refractivity contribution is 7.15. The first-order valence-electron chi connectivity index (χ1n) is 6.04. The van der Waals surface area contributed by atoms with E-state index >= 15 is 0 Å². The van der Waals surface area contributed by atoms with E-state index in [2.05, 4.69) is 51.1 Å². The number of aryl methyl sites for hydroxylation is 2. The minimum absolute atomic E-state index is 0.178. The van der Waals surface area contributed by atoms with Gasteiger partial charge in [0.1, 0.15) is 0 Å². The molecule has 90 valence electrons. The van der Waals surface area contributed by atoms with Crippen LogP contribution in [0.1, 0.15) is 35.4 Å². The Morgan fingerprint density at radius 3 is 2.65 bits per heavy atom. The van der Waals surface area contributed by atoms with Gasteiger partial charge in [-0.25, -0.2) is 0 Å². The van der Waals surface area contributed by atoms with E-state index in [1.807, 2.05) is 11.3 Å². The molecule has 0 amide bonds. The molecule has 0 saturated heterocycles. The molecular formula is C15H19NS. The molecule has 0 aliphatic rings. The molecule has 0 fully saturated rings. The van der Waals surface area contributed by atoms with Crippen LogP contribution >= 0.6 is 11.3 Å². The van der Waals surface area contributed by atoms with Gasteiger partial charge >= 0.3 is 0 Å². The molecule has 0 aliphatic heterocycles. The van der Waals surface area contributed by atoms with Crippen LogP contribution in [0, 0.1) is 13.8 Å². The lowest BCUT2D eigenvalue weighted by atomic mass is 10.1. The molecule has 0 radical (unpaired) electrons. The van der Waals surface area contributed by atoms with Crippen LogP contribution in [0.4, 0.5) is 0 Å². The quantitative estimate of drug-likeness (QED) is 0.850. The zero-order chi connectivity index (χ0) is 12.4. The second kappa shape index (κ2) is 5.03. The van der Waals surface area contributed by atoms with Gasteiger partial charge in [0.15, 0.2) is 0 Å². The number of hydrogen-bond acceptors (Lipinski definition) is 2. The molecule has 0 saturated carbocycles. The normalized spacial score (nSPS) is 12.7. The maximum atomic E-state index is 6.09. The summed E-state index contributed by atoms with van der Waals surface area (Å²) in [6.07, 6.45) is 0.993. The molecule has 1 heterocycles. The highest BCUT2D eigenvalue weighted by Crippen LogP contribution is 2.35. The summed E-state index contributed by atoms with van der Waals surface area (Å²) < 4.78 is 0. The van der Waals surface area contributed by atoms with Gasteiger partial charge in [-0.3, -0.25) is 0 Å². The Kier molecular flexibility index (Phi) is 3.65. The van der Waals surface area contributed by atoms with Crippen molar-refractivity contribution < 1.29 is 0 Å². The first-order valence-corrected chi connectivity index (χ1v) is 6.86. The summed E-state index contributed by atoms with van der Waals surface area (Å²) in [5.41, 5.74) is 10.0. The first-order chi connectivity index (χ1) is 8.11. The predicted octanol–water partition coefficient (Wildman–Crippen LogP) is 4.44. The average Bonchev–Trinajstić information content (AvgIpc) is 2.70. The van der Waals surface area contributed by atoms with Crippen molar-refractivity contribution in [1.29, 1.82) is 0 Å². The zero-order valence-electron chi connectivity index (χ0n) is 10.7. The van der Waals surface area contributed by atoms with Gasteiger partial charge in [0, 0.05) is 15.8 Å². The van der Waals surface area contributed by atoms with Crippen LogP contribution < -0.4 is 5.73 Å². The van der Waals surface area contributed by atoms with Gasteiger partial charge in [-0.1, -0.05) is 36.8 Å². The fourth-order valence-corrected chi connectivity index (χ4v) is 3.22. The van der Waals surface area contributed by atoms with Crippen LogP contribution in [0.5, 0.6) is 0 Å². The fraction of sp³-hybridized carbons (Fsp3) is 0.333. The van der Waals surface area contributed by atoms with Crippen molar-refractivity contribution >= 4 is 11.3 Å². The first kappa shape index (κ1) is 12.3. The number of nitrogens with two attached hydrogens (primary N) is 1. The fourth-order valence-electron chi connectivity index (χ4n) is 1.96. The molecule has 1 aromatic heterocycles. The van der Waals surface area contributed by atoms with Gasteiger partial charge in [0.25, 0.3) is 0 Å². The number of benzene rings is 1. The van der Waals surface area contributed by atoms with E-state index in [0.717, 1.165) is 6.42 Å². The monoisotopic (exact) mass is 245 g/mol. The Labute approximate surface area is 107 Å². The van der Waals surface area contributed by atoms with Crippen molar-refractivity contribution in [3.8, 4) is 10.4 Å². The highest BCUT2D eigenvalue weighted by atomic mass is 32.1. The summed E-state index contributed by atoms with van der Waals surface area (Å²) in [5.74, 6) is 0. The lowest BCUT2D eigenvalue weighted by molar-refractivity contribution is 0.712. The molecule has 1 unspecified atom stereocenters. The molecule has 0 aliphatic carbocycles. The Hall–Kier alpha value is -1.12.